The molecule has 1 aliphatic rings. The number of isothiocyanates is 1. The third kappa shape index (κ3) is 3.59. The van der Waals surface area contributed by atoms with Crippen LogP contribution in [0.15, 0.2) is 35.3 Å². The number of hydrogen-bond acceptors (Lipinski definition) is 2. The van der Waals surface area contributed by atoms with Gasteiger partial charge in [0, 0.05) is 11.1 Å². The summed E-state index contributed by atoms with van der Waals surface area (Å²) in [6.07, 6.45) is 3.33. The Kier molecular flexibility index (Phi) is 4.85. The molecule has 1 saturated carbocycles. The Morgan fingerprint density at radius 2 is 1.83 bits per heavy atom. The third-order valence-electron chi connectivity index (χ3n) is 4.06. The summed E-state index contributed by atoms with van der Waals surface area (Å²) in [5, 5.41) is 1.97. The van der Waals surface area contributed by atoms with E-state index in [4.69, 9.17) is 0 Å². The quantitative estimate of drug-likeness (QED) is 0.406. The van der Waals surface area contributed by atoms with Gasteiger partial charge in [0.25, 0.3) is 0 Å². The lowest BCUT2D eigenvalue weighted by Crippen LogP contribution is -1.91. The first-order valence-corrected chi connectivity index (χ1v) is 8.25. The van der Waals surface area contributed by atoms with Gasteiger partial charge < -0.3 is 0 Å². The fraction of sp³-hybridized carbons (Fsp3) is 0.250. The summed E-state index contributed by atoms with van der Waals surface area (Å²) in [6.45, 7) is 2.12. The Bertz CT molecular complexity index is 875. The Labute approximate surface area is 145 Å². The van der Waals surface area contributed by atoms with Gasteiger partial charge in [-0.3, -0.25) is 0 Å². The maximum atomic E-state index is 13.9. The van der Waals surface area contributed by atoms with Crippen LogP contribution in [0.2, 0.25) is 0 Å². The molecule has 0 heterocycles. The SMILES string of the molecule is CCc1ccc(C#Cc2cc(F)c(N=C=S)c(F)c2)c(C2CC2)c1. The average Bonchev–Trinajstić information content (AvgIpc) is 3.41. The van der Waals surface area contributed by atoms with E-state index in [0.29, 0.717) is 5.92 Å². The van der Waals surface area contributed by atoms with Crippen LogP contribution >= 0.6 is 12.2 Å². The molecule has 0 atom stereocenters. The van der Waals surface area contributed by atoms with Crippen LogP contribution in [0.5, 0.6) is 0 Å². The van der Waals surface area contributed by atoms with Crippen molar-refractivity contribution in [3.63, 3.8) is 0 Å². The molecule has 0 aromatic heterocycles. The van der Waals surface area contributed by atoms with Crippen LogP contribution < -0.4 is 0 Å². The van der Waals surface area contributed by atoms with Crippen LogP contribution in [-0.4, -0.2) is 5.16 Å². The van der Waals surface area contributed by atoms with Crippen LogP contribution in [-0.2, 0) is 6.42 Å². The van der Waals surface area contributed by atoms with E-state index < -0.39 is 17.3 Å². The Morgan fingerprint density at radius 1 is 1.12 bits per heavy atom. The van der Waals surface area contributed by atoms with Crippen molar-refractivity contribution in [1.29, 1.82) is 0 Å². The van der Waals surface area contributed by atoms with E-state index in [1.807, 2.05) is 17.3 Å². The summed E-state index contributed by atoms with van der Waals surface area (Å²) < 4.78 is 27.7. The van der Waals surface area contributed by atoms with Crippen molar-refractivity contribution < 1.29 is 8.78 Å². The van der Waals surface area contributed by atoms with E-state index in [0.717, 1.165) is 12.0 Å². The van der Waals surface area contributed by atoms with Crippen molar-refractivity contribution in [3.05, 3.63) is 64.2 Å². The zero-order valence-electron chi connectivity index (χ0n) is 13.2. The number of rotatable bonds is 3. The van der Waals surface area contributed by atoms with Gasteiger partial charge in [0.15, 0.2) is 11.6 Å². The summed E-state index contributed by atoms with van der Waals surface area (Å²) in [6, 6.07) is 8.57. The Hall–Kier alpha value is -2.34. The van der Waals surface area contributed by atoms with Crippen molar-refractivity contribution in [2.45, 2.75) is 32.1 Å². The highest BCUT2D eigenvalue weighted by molar-refractivity contribution is 7.78. The molecule has 0 radical (unpaired) electrons. The van der Waals surface area contributed by atoms with Crippen molar-refractivity contribution in [3.8, 4) is 11.8 Å². The second-order valence-corrected chi connectivity index (χ2v) is 5.97. The van der Waals surface area contributed by atoms with Crippen molar-refractivity contribution >= 4 is 23.1 Å². The first-order chi connectivity index (χ1) is 11.6. The number of aryl methyl sites for hydroxylation is 1. The predicted molar refractivity (Wildman–Crippen MR) is 94.8 cm³/mol. The number of aliphatic imine (C=N–C) groups is 1. The summed E-state index contributed by atoms with van der Waals surface area (Å²) in [5.41, 5.74) is 3.29. The molecule has 0 saturated heterocycles. The highest BCUT2D eigenvalue weighted by Crippen LogP contribution is 2.42. The fourth-order valence-electron chi connectivity index (χ4n) is 2.61. The summed E-state index contributed by atoms with van der Waals surface area (Å²) in [5.74, 6) is 4.89. The maximum Gasteiger partial charge on any atom is 0.153 e. The lowest BCUT2D eigenvalue weighted by molar-refractivity contribution is 0.587. The molecule has 1 aliphatic carbocycles. The second kappa shape index (κ2) is 7.05. The van der Waals surface area contributed by atoms with Gasteiger partial charge in [0.1, 0.15) is 5.69 Å². The lowest BCUT2D eigenvalue weighted by Gasteiger charge is -2.05. The Morgan fingerprint density at radius 3 is 2.42 bits per heavy atom. The van der Waals surface area contributed by atoms with E-state index in [9.17, 15) is 8.78 Å². The Balaban J connectivity index is 1.97. The molecule has 24 heavy (non-hydrogen) atoms. The van der Waals surface area contributed by atoms with Gasteiger partial charge in [-0.05, 0) is 66.7 Å². The van der Waals surface area contributed by atoms with Crippen LogP contribution in [0.25, 0.3) is 0 Å². The topological polar surface area (TPSA) is 12.4 Å². The van der Waals surface area contributed by atoms with Crippen molar-refractivity contribution in [1.82, 2.24) is 0 Å². The minimum Gasteiger partial charge on any atom is -0.204 e. The molecule has 2 aromatic carbocycles. The van der Waals surface area contributed by atoms with Gasteiger partial charge in [-0.15, -0.1) is 0 Å². The monoisotopic (exact) mass is 339 g/mol. The van der Waals surface area contributed by atoms with Crippen molar-refractivity contribution in [2.24, 2.45) is 4.99 Å². The number of benzene rings is 2. The minimum absolute atomic E-state index is 0.273. The first-order valence-electron chi connectivity index (χ1n) is 7.84. The molecule has 1 fully saturated rings. The number of halogens is 2. The molecule has 0 unspecified atom stereocenters. The van der Waals surface area contributed by atoms with E-state index in [2.05, 4.69) is 42.0 Å². The molecule has 0 aliphatic heterocycles. The first kappa shape index (κ1) is 16.5. The number of nitrogens with zero attached hydrogens (tertiary/aromatic N) is 1. The van der Waals surface area contributed by atoms with E-state index >= 15 is 0 Å². The number of thiocarbonyl (C=S) groups is 1. The minimum atomic E-state index is -0.791. The van der Waals surface area contributed by atoms with Crippen LogP contribution in [0.3, 0.4) is 0 Å². The molecule has 1 nitrogen and oxygen atoms in total. The molecule has 0 amide bonds. The molecular formula is C20H15F2NS. The molecular weight excluding hydrogens is 324 g/mol. The van der Waals surface area contributed by atoms with Crippen molar-refractivity contribution in [2.75, 3.05) is 0 Å². The standard InChI is InChI=1S/C20H15F2NS/c1-2-13-3-5-15(17(9-13)16-7-8-16)6-4-14-10-18(21)20(23-12-24)19(22)11-14/h3,5,9-11,16H,2,7-8H2,1H3. The lowest BCUT2D eigenvalue weighted by atomic mass is 9.99. The van der Waals surface area contributed by atoms with Gasteiger partial charge in [0.05, 0.1) is 5.16 Å². The van der Waals surface area contributed by atoms with Gasteiger partial charge in [-0.25, -0.2) is 8.78 Å². The fourth-order valence-corrected chi connectivity index (χ4v) is 2.70. The largest absolute Gasteiger partial charge is 0.204 e. The van der Waals surface area contributed by atoms with E-state index in [1.165, 1.54) is 36.1 Å². The van der Waals surface area contributed by atoms with E-state index in [1.54, 1.807) is 0 Å². The molecule has 2 aromatic rings. The third-order valence-corrected chi connectivity index (χ3v) is 4.15. The summed E-state index contributed by atoms with van der Waals surface area (Å²) in [7, 11) is 0. The molecule has 120 valence electrons. The zero-order chi connectivity index (χ0) is 17.1. The molecule has 4 heteroatoms. The van der Waals surface area contributed by atoms with Gasteiger partial charge >= 0.3 is 0 Å². The van der Waals surface area contributed by atoms with E-state index in [-0.39, 0.29) is 5.56 Å². The van der Waals surface area contributed by atoms with Gasteiger partial charge in [0.2, 0.25) is 0 Å². The molecule has 0 bridgehead atoms. The second-order valence-electron chi connectivity index (χ2n) is 5.79. The zero-order valence-corrected chi connectivity index (χ0v) is 14.0. The maximum absolute atomic E-state index is 13.9. The normalized spacial score (nSPS) is 13.0. The highest BCUT2D eigenvalue weighted by atomic mass is 32.1. The molecule has 0 N–H and O–H groups in total. The van der Waals surface area contributed by atoms with Crippen LogP contribution in [0.1, 0.15) is 47.9 Å². The summed E-state index contributed by atoms with van der Waals surface area (Å²) >= 11 is 4.39. The molecule has 0 spiro atoms. The highest BCUT2D eigenvalue weighted by Gasteiger charge is 2.25. The van der Waals surface area contributed by atoms with Crippen LogP contribution in [0, 0.1) is 23.5 Å². The summed E-state index contributed by atoms with van der Waals surface area (Å²) in [4.78, 5) is 3.40. The van der Waals surface area contributed by atoms with Gasteiger partial charge in [-0.1, -0.05) is 30.9 Å². The molecule has 3 rings (SSSR count). The van der Waals surface area contributed by atoms with Gasteiger partial charge in [-0.2, -0.15) is 4.99 Å². The predicted octanol–water partition coefficient (Wildman–Crippen LogP) is 5.54. The smallest absolute Gasteiger partial charge is 0.153 e. The van der Waals surface area contributed by atoms with Crippen LogP contribution in [0.4, 0.5) is 14.5 Å². The average molecular weight is 339 g/mol. The number of hydrogen-bond donors (Lipinski definition) is 0.